The Morgan fingerprint density at radius 2 is 2.04 bits per heavy atom. The molecule has 0 unspecified atom stereocenters. The Balaban J connectivity index is 1.77. The van der Waals surface area contributed by atoms with Crippen LogP contribution in [0.15, 0.2) is 52.2 Å². The number of nitrogens with zero attached hydrogens (tertiary/aromatic N) is 2. The van der Waals surface area contributed by atoms with E-state index >= 15 is 0 Å². The standard InChI is InChI=1S/C18H13ClF3N3O2S/c1-10-11(19)4-2-5-12(10)23-16(26)9-28-17-24-13(14-6-3-7-27-14)8-15(25-17)18(20,21)22/h2-8H,9H2,1H3,(H,23,26). The molecule has 1 N–H and O–H groups in total. The molecule has 0 saturated carbocycles. The van der Waals surface area contributed by atoms with E-state index in [0.29, 0.717) is 16.3 Å². The number of nitrogens with one attached hydrogen (secondary N) is 1. The first-order valence-corrected chi connectivity index (χ1v) is 9.28. The van der Waals surface area contributed by atoms with Crippen molar-refractivity contribution < 1.29 is 22.4 Å². The van der Waals surface area contributed by atoms with Gasteiger partial charge in [0.15, 0.2) is 10.9 Å². The Kier molecular flexibility index (Phi) is 5.95. The zero-order valence-electron chi connectivity index (χ0n) is 14.4. The van der Waals surface area contributed by atoms with Gasteiger partial charge in [0.1, 0.15) is 11.4 Å². The quantitative estimate of drug-likeness (QED) is 0.433. The van der Waals surface area contributed by atoms with E-state index in [1.807, 2.05) is 0 Å². The maximum atomic E-state index is 13.1. The highest BCUT2D eigenvalue weighted by Gasteiger charge is 2.34. The summed E-state index contributed by atoms with van der Waals surface area (Å²) in [6.45, 7) is 1.75. The molecule has 0 aliphatic carbocycles. The van der Waals surface area contributed by atoms with Crippen molar-refractivity contribution >= 4 is 35.0 Å². The summed E-state index contributed by atoms with van der Waals surface area (Å²) in [5, 5.41) is 2.98. The van der Waals surface area contributed by atoms with E-state index in [2.05, 4.69) is 15.3 Å². The molecule has 10 heteroatoms. The Labute approximate surface area is 167 Å². The van der Waals surface area contributed by atoms with Crippen molar-refractivity contribution in [1.82, 2.24) is 9.97 Å². The van der Waals surface area contributed by atoms with Crippen LogP contribution in [0.5, 0.6) is 0 Å². The third-order valence-electron chi connectivity index (χ3n) is 3.64. The number of alkyl halides is 3. The van der Waals surface area contributed by atoms with Gasteiger partial charge < -0.3 is 9.73 Å². The van der Waals surface area contributed by atoms with Gasteiger partial charge in [0, 0.05) is 10.7 Å². The summed E-state index contributed by atoms with van der Waals surface area (Å²) in [7, 11) is 0. The molecular weight excluding hydrogens is 415 g/mol. The fourth-order valence-electron chi connectivity index (χ4n) is 2.24. The summed E-state index contributed by atoms with van der Waals surface area (Å²) in [6, 6.07) is 8.89. The molecule has 28 heavy (non-hydrogen) atoms. The predicted molar refractivity (Wildman–Crippen MR) is 100 cm³/mol. The van der Waals surface area contributed by atoms with Crippen LogP contribution in [0.25, 0.3) is 11.5 Å². The summed E-state index contributed by atoms with van der Waals surface area (Å²) in [5.41, 5.74) is 0.0979. The number of hydrogen-bond acceptors (Lipinski definition) is 5. The highest BCUT2D eigenvalue weighted by atomic mass is 35.5. The summed E-state index contributed by atoms with van der Waals surface area (Å²) in [4.78, 5) is 19.7. The zero-order valence-corrected chi connectivity index (χ0v) is 16.0. The van der Waals surface area contributed by atoms with Crippen LogP contribution in [0.3, 0.4) is 0 Å². The Morgan fingerprint density at radius 1 is 1.25 bits per heavy atom. The Hall–Kier alpha value is -2.52. The molecule has 0 aliphatic rings. The highest BCUT2D eigenvalue weighted by Crippen LogP contribution is 2.32. The van der Waals surface area contributed by atoms with Gasteiger partial charge in [0.05, 0.1) is 12.0 Å². The number of carbonyl (C=O) groups is 1. The van der Waals surface area contributed by atoms with Gasteiger partial charge in [0.25, 0.3) is 0 Å². The number of hydrogen-bond donors (Lipinski definition) is 1. The second-order valence-electron chi connectivity index (χ2n) is 5.65. The van der Waals surface area contributed by atoms with Gasteiger partial charge in [-0.25, -0.2) is 9.97 Å². The fraction of sp³-hybridized carbons (Fsp3) is 0.167. The van der Waals surface area contributed by atoms with Crippen LogP contribution < -0.4 is 5.32 Å². The number of rotatable bonds is 5. The third kappa shape index (κ3) is 4.85. The molecule has 0 atom stereocenters. The van der Waals surface area contributed by atoms with Crippen molar-refractivity contribution in [2.45, 2.75) is 18.3 Å². The first-order chi connectivity index (χ1) is 13.2. The lowest BCUT2D eigenvalue weighted by Gasteiger charge is -2.10. The molecule has 5 nitrogen and oxygen atoms in total. The van der Waals surface area contributed by atoms with E-state index in [-0.39, 0.29) is 22.4 Å². The van der Waals surface area contributed by atoms with Crippen LogP contribution in [0.4, 0.5) is 18.9 Å². The van der Waals surface area contributed by atoms with Crippen LogP contribution in [0.1, 0.15) is 11.3 Å². The van der Waals surface area contributed by atoms with E-state index in [1.54, 1.807) is 25.1 Å². The topological polar surface area (TPSA) is 68.0 Å². The summed E-state index contributed by atoms with van der Waals surface area (Å²) in [5.74, 6) is -0.421. The number of thioether (sulfide) groups is 1. The van der Waals surface area contributed by atoms with Crippen molar-refractivity contribution in [3.05, 3.63) is 58.9 Å². The number of furan rings is 1. The molecule has 0 spiro atoms. The SMILES string of the molecule is Cc1c(Cl)cccc1NC(=O)CSc1nc(-c2ccco2)cc(C(F)(F)F)n1. The number of benzene rings is 1. The molecule has 0 aliphatic heterocycles. The maximum absolute atomic E-state index is 13.1. The Morgan fingerprint density at radius 3 is 2.71 bits per heavy atom. The monoisotopic (exact) mass is 427 g/mol. The molecule has 3 rings (SSSR count). The molecule has 2 heterocycles. The van der Waals surface area contributed by atoms with Gasteiger partial charge in [-0.15, -0.1) is 0 Å². The van der Waals surface area contributed by atoms with Gasteiger partial charge in [0.2, 0.25) is 5.91 Å². The highest BCUT2D eigenvalue weighted by molar-refractivity contribution is 7.99. The van der Waals surface area contributed by atoms with Crippen LogP contribution >= 0.6 is 23.4 Å². The zero-order chi connectivity index (χ0) is 20.3. The van der Waals surface area contributed by atoms with Crippen molar-refractivity contribution in [2.75, 3.05) is 11.1 Å². The number of halogens is 4. The number of aromatic nitrogens is 2. The van der Waals surface area contributed by atoms with Gasteiger partial charge in [-0.2, -0.15) is 13.2 Å². The lowest BCUT2D eigenvalue weighted by Crippen LogP contribution is -2.16. The molecule has 0 bridgehead atoms. The average Bonchev–Trinajstić information content (AvgIpc) is 3.18. The van der Waals surface area contributed by atoms with Crippen LogP contribution in [0.2, 0.25) is 5.02 Å². The molecular formula is C18H13ClF3N3O2S. The maximum Gasteiger partial charge on any atom is 0.433 e. The first-order valence-electron chi connectivity index (χ1n) is 7.92. The molecule has 2 aromatic heterocycles. The van der Waals surface area contributed by atoms with E-state index in [0.717, 1.165) is 17.8 Å². The number of amides is 1. The summed E-state index contributed by atoms with van der Waals surface area (Å²) >= 11 is 6.80. The number of anilines is 1. The van der Waals surface area contributed by atoms with E-state index in [4.69, 9.17) is 16.0 Å². The van der Waals surface area contributed by atoms with Crippen molar-refractivity contribution in [3.8, 4) is 11.5 Å². The lowest BCUT2D eigenvalue weighted by atomic mass is 10.2. The fourth-order valence-corrected chi connectivity index (χ4v) is 3.08. The molecule has 0 fully saturated rings. The third-order valence-corrected chi connectivity index (χ3v) is 4.90. The molecule has 146 valence electrons. The molecule has 0 radical (unpaired) electrons. The minimum atomic E-state index is -4.65. The van der Waals surface area contributed by atoms with Crippen LogP contribution in [-0.4, -0.2) is 21.6 Å². The smallest absolute Gasteiger partial charge is 0.433 e. The average molecular weight is 428 g/mol. The van der Waals surface area contributed by atoms with Crippen LogP contribution in [0, 0.1) is 6.92 Å². The number of carbonyl (C=O) groups excluding carboxylic acids is 1. The van der Waals surface area contributed by atoms with Gasteiger partial charge >= 0.3 is 6.18 Å². The van der Waals surface area contributed by atoms with Crippen molar-refractivity contribution in [1.29, 1.82) is 0 Å². The normalized spacial score (nSPS) is 11.5. The minimum Gasteiger partial charge on any atom is -0.463 e. The summed E-state index contributed by atoms with van der Waals surface area (Å²) in [6.07, 6.45) is -3.32. The van der Waals surface area contributed by atoms with E-state index in [9.17, 15) is 18.0 Å². The summed E-state index contributed by atoms with van der Waals surface area (Å²) < 4.78 is 44.5. The molecule has 3 aromatic rings. The lowest BCUT2D eigenvalue weighted by molar-refractivity contribution is -0.141. The minimum absolute atomic E-state index is 0.0130. The van der Waals surface area contributed by atoms with Gasteiger partial charge in [-0.3, -0.25) is 4.79 Å². The van der Waals surface area contributed by atoms with Gasteiger partial charge in [-0.05, 0) is 42.8 Å². The first kappa shape index (κ1) is 20.2. The largest absolute Gasteiger partial charge is 0.463 e. The Bertz CT molecular complexity index is 994. The second kappa shape index (κ2) is 8.24. The van der Waals surface area contributed by atoms with Crippen LogP contribution in [-0.2, 0) is 11.0 Å². The van der Waals surface area contributed by atoms with E-state index < -0.39 is 17.8 Å². The van der Waals surface area contributed by atoms with Crippen molar-refractivity contribution in [3.63, 3.8) is 0 Å². The molecule has 1 aromatic carbocycles. The van der Waals surface area contributed by atoms with Gasteiger partial charge in [-0.1, -0.05) is 29.4 Å². The second-order valence-corrected chi connectivity index (χ2v) is 7.00. The van der Waals surface area contributed by atoms with Crippen molar-refractivity contribution in [2.24, 2.45) is 0 Å². The van der Waals surface area contributed by atoms with E-state index in [1.165, 1.54) is 18.4 Å². The molecule has 0 saturated heterocycles. The molecule has 1 amide bonds. The predicted octanol–water partition coefficient (Wildman–Crippen LogP) is 5.45.